The number of carbonyl (C=O) groups is 1. The highest BCUT2D eigenvalue weighted by Gasteiger charge is 2.20. The first-order valence-electron chi connectivity index (χ1n) is 7.52. The number of aromatic nitrogens is 2. The van der Waals surface area contributed by atoms with Crippen LogP contribution in [0.25, 0.3) is 0 Å². The Bertz CT molecular complexity index is 502. The zero-order valence-corrected chi connectivity index (χ0v) is 13.8. The summed E-state index contributed by atoms with van der Waals surface area (Å²) >= 11 is 1.70. The Morgan fingerprint density at radius 2 is 2.18 bits per heavy atom. The molecule has 1 aliphatic rings. The van der Waals surface area contributed by atoms with E-state index in [0.29, 0.717) is 13.1 Å². The van der Waals surface area contributed by atoms with Gasteiger partial charge in [-0.1, -0.05) is 13.0 Å². The molecule has 0 aromatic carbocycles. The van der Waals surface area contributed by atoms with Crippen LogP contribution in [0, 0.1) is 0 Å². The highest BCUT2D eigenvalue weighted by Crippen LogP contribution is 2.18. The fourth-order valence-corrected chi connectivity index (χ4v) is 2.88. The normalized spacial score (nSPS) is 15.6. The molecule has 0 spiro atoms. The van der Waals surface area contributed by atoms with Gasteiger partial charge in [-0.15, -0.1) is 18.3 Å². The van der Waals surface area contributed by atoms with Crippen molar-refractivity contribution >= 4 is 23.5 Å². The van der Waals surface area contributed by atoms with Crippen LogP contribution in [-0.2, 0) is 4.79 Å². The first-order valence-corrected chi connectivity index (χ1v) is 8.51. The number of piperazine rings is 1. The van der Waals surface area contributed by atoms with Gasteiger partial charge in [0, 0.05) is 32.7 Å². The maximum atomic E-state index is 11.7. The molecule has 1 aromatic heterocycles. The van der Waals surface area contributed by atoms with E-state index < -0.39 is 0 Å². The molecule has 1 amide bonds. The van der Waals surface area contributed by atoms with Crippen molar-refractivity contribution in [2.24, 2.45) is 0 Å². The van der Waals surface area contributed by atoms with Gasteiger partial charge in [0.15, 0.2) is 0 Å². The molecular weight excluding hydrogens is 298 g/mol. The number of rotatable bonds is 7. The second-order valence-electron chi connectivity index (χ2n) is 5.00. The van der Waals surface area contributed by atoms with Gasteiger partial charge in [-0.05, 0) is 5.75 Å². The molecule has 2 rings (SSSR count). The fourth-order valence-electron chi connectivity index (χ4n) is 2.29. The molecular formula is C15H23N5OS. The zero-order valence-electron chi connectivity index (χ0n) is 13.0. The van der Waals surface area contributed by atoms with E-state index in [0.717, 1.165) is 42.8 Å². The molecule has 7 heteroatoms. The molecule has 1 N–H and O–H groups in total. The van der Waals surface area contributed by atoms with Gasteiger partial charge >= 0.3 is 0 Å². The van der Waals surface area contributed by atoms with E-state index in [9.17, 15) is 4.79 Å². The van der Waals surface area contributed by atoms with Crippen LogP contribution in [0.4, 0.5) is 5.82 Å². The van der Waals surface area contributed by atoms with E-state index in [-0.39, 0.29) is 5.91 Å². The van der Waals surface area contributed by atoms with E-state index >= 15 is 0 Å². The van der Waals surface area contributed by atoms with Gasteiger partial charge in [0.25, 0.3) is 0 Å². The Hall–Kier alpha value is -1.60. The first-order chi connectivity index (χ1) is 10.7. The lowest BCUT2D eigenvalue weighted by Gasteiger charge is -2.34. The molecule has 1 fully saturated rings. The summed E-state index contributed by atoms with van der Waals surface area (Å²) in [6.45, 7) is 10.1. The summed E-state index contributed by atoms with van der Waals surface area (Å²) in [7, 11) is 0. The molecule has 0 saturated carbocycles. The molecule has 1 aromatic rings. The molecule has 22 heavy (non-hydrogen) atoms. The average molecular weight is 321 g/mol. The quantitative estimate of drug-likeness (QED) is 0.597. The fraction of sp³-hybridized carbons (Fsp3) is 0.533. The predicted octanol–water partition coefficient (Wildman–Crippen LogP) is 1.01. The summed E-state index contributed by atoms with van der Waals surface area (Å²) in [6.07, 6.45) is 5.31. The number of anilines is 1. The minimum atomic E-state index is 0.0504. The molecule has 0 bridgehead atoms. The van der Waals surface area contributed by atoms with Crippen LogP contribution in [0.15, 0.2) is 30.1 Å². The van der Waals surface area contributed by atoms with E-state index in [1.807, 2.05) is 6.20 Å². The lowest BCUT2D eigenvalue weighted by molar-refractivity contribution is -0.122. The van der Waals surface area contributed by atoms with Crippen LogP contribution >= 0.6 is 11.8 Å². The second-order valence-corrected chi connectivity index (χ2v) is 6.29. The van der Waals surface area contributed by atoms with Gasteiger partial charge < -0.3 is 10.2 Å². The molecule has 0 radical (unpaired) electrons. The van der Waals surface area contributed by atoms with Gasteiger partial charge in [-0.25, -0.2) is 4.98 Å². The summed E-state index contributed by atoms with van der Waals surface area (Å²) in [5.41, 5.74) is 0. The standard InChI is InChI=1S/C15H23N5OS/c1-3-5-17-14(21)12-19-6-8-20(9-7-19)13-10-16-11-15(18-13)22-4-2/h3,10-11H,1,4-9,12H2,2H3,(H,17,21). The van der Waals surface area contributed by atoms with Gasteiger partial charge in [0.2, 0.25) is 5.91 Å². The Morgan fingerprint density at radius 3 is 2.86 bits per heavy atom. The molecule has 2 heterocycles. The van der Waals surface area contributed by atoms with Crippen molar-refractivity contribution in [2.45, 2.75) is 11.9 Å². The second kappa shape index (κ2) is 8.75. The Kier molecular flexibility index (Phi) is 6.67. The zero-order chi connectivity index (χ0) is 15.8. The monoisotopic (exact) mass is 321 g/mol. The van der Waals surface area contributed by atoms with Crippen molar-refractivity contribution in [3.05, 3.63) is 25.0 Å². The highest BCUT2D eigenvalue weighted by atomic mass is 32.2. The summed E-state index contributed by atoms with van der Waals surface area (Å²) in [5.74, 6) is 1.97. The lowest BCUT2D eigenvalue weighted by atomic mass is 10.3. The number of amides is 1. The van der Waals surface area contributed by atoms with Gasteiger partial charge in [0.05, 0.1) is 18.9 Å². The van der Waals surface area contributed by atoms with Crippen LogP contribution in [0.3, 0.4) is 0 Å². The summed E-state index contributed by atoms with van der Waals surface area (Å²) in [5, 5.41) is 3.77. The van der Waals surface area contributed by atoms with Crippen molar-refractivity contribution < 1.29 is 4.79 Å². The SMILES string of the molecule is C=CCNC(=O)CN1CCN(c2cncc(SCC)n2)CC1. The third-order valence-corrected chi connectivity index (χ3v) is 4.18. The number of thioether (sulfide) groups is 1. The van der Waals surface area contributed by atoms with Crippen LogP contribution in [0.5, 0.6) is 0 Å². The Labute approximate surface area is 136 Å². The number of hydrogen-bond acceptors (Lipinski definition) is 6. The minimum absolute atomic E-state index is 0.0504. The number of carbonyl (C=O) groups excluding carboxylic acids is 1. The van der Waals surface area contributed by atoms with Crippen LogP contribution in [0.1, 0.15) is 6.92 Å². The number of nitrogens with zero attached hydrogens (tertiary/aromatic N) is 4. The van der Waals surface area contributed by atoms with Gasteiger partial charge in [-0.3, -0.25) is 14.7 Å². The molecule has 6 nitrogen and oxygen atoms in total. The smallest absolute Gasteiger partial charge is 0.234 e. The van der Waals surface area contributed by atoms with Crippen LogP contribution in [0.2, 0.25) is 0 Å². The van der Waals surface area contributed by atoms with E-state index in [1.165, 1.54) is 0 Å². The summed E-state index contributed by atoms with van der Waals surface area (Å²) in [6, 6.07) is 0. The van der Waals surface area contributed by atoms with Crippen LogP contribution in [-0.4, -0.2) is 65.8 Å². The molecule has 0 aliphatic carbocycles. The largest absolute Gasteiger partial charge is 0.353 e. The lowest BCUT2D eigenvalue weighted by Crippen LogP contribution is -2.49. The third kappa shape index (κ3) is 4.99. The van der Waals surface area contributed by atoms with Crippen LogP contribution < -0.4 is 10.2 Å². The number of hydrogen-bond donors (Lipinski definition) is 1. The van der Waals surface area contributed by atoms with E-state index in [2.05, 4.69) is 38.6 Å². The number of nitrogens with one attached hydrogen (secondary N) is 1. The third-order valence-electron chi connectivity index (χ3n) is 3.40. The first kappa shape index (κ1) is 16.8. The average Bonchev–Trinajstić information content (AvgIpc) is 2.54. The Balaban J connectivity index is 1.82. The van der Waals surface area contributed by atoms with Gasteiger partial charge in [0.1, 0.15) is 10.8 Å². The summed E-state index contributed by atoms with van der Waals surface area (Å²) < 4.78 is 0. The minimum Gasteiger partial charge on any atom is -0.353 e. The Morgan fingerprint density at radius 1 is 1.41 bits per heavy atom. The molecule has 1 aliphatic heterocycles. The maximum absolute atomic E-state index is 11.7. The van der Waals surface area contributed by atoms with E-state index in [1.54, 1.807) is 24.0 Å². The maximum Gasteiger partial charge on any atom is 0.234 e. The molecule has 120 valence electrons. The molecule has 0 unspecified atom stereocenters. The van der Waals surface area contributed by atoms with E-state index in [4.69, 9.17) is 0 Å². The molecule has 1 saturated heterocycles. The topological polar surface area (TPSA) is 61.4 Å². The van der Waals surface area contributed by atoms with Crippen molar-refractivity contribution in [3.63, 3.8) is 0 Å². The molecule has 0 atom stereocenters. The van der Waals surface area contributed by atoms with Crippen molar-refractivity contribution in [2.75, 3.05) is 49.9 Å². The highest BCUT2D eigenvalue weighted by molar-refractivity contribution is 7.99. The predicted molar refractivity (Wildman–Crippen MR) is 90.3 cm³/mol. The van der Waals surface area contributed by atoms with Crippen molar-refractivity contribution in [1.29, 1.82) is 0 Å². The van der Waals surface area contributed by atoms with Crippen molar-refractivity contribution in [3.8, 4) is 0 Å². The summed E-state index contributed by atoms with van der Waals surface area (Å²) in [4.78, 5) is 25.0. The van der Waals surface area contributed by atoms with Crippen molar-refractivity contribution in [1.82, 2.24) is 20.2 Å². The van der Waals surface area contributed by atoms with Gasteiger partial charge in [-0.2, -0.15) is 0 Å².